The minimum absolute atomic E-state index is 0.240. The normalized spacial score (nSPS) is 24.3. The summed E-state index contributed by atoms with van der Waals surface area (Å²) in [4.78, 5) is 13.3. The summed E-state index contributed by atoms with van der Waals surface area (Å²) >= 11 is 0. The van der Waals surface area contributed by atoms with Gasteiger partial charge >= 0.3 is 0 Å². The van der Waals surface area contributed by atoms with E-state index in [-0.39, 0.29) is 18.9 Å². The van der Waals surface area contributed by atoms with Gasteiger partial charge in [0.05, 0.1) is 32.0 Å². The Morgan fingerprint density at radius 1 is 0.438 bits per heavy atom. The molecule has 14 nitrogen and oxygen atoms in total. The summed E-state index contributed by atoms with van der Waals surface area (Å²) in [5.74, 6) is -0.240. The molecule has 1 amide bonds. The molecule has 0 aliphatic carbocycles. The maximum absolute atomic E-state index is 13.3. The SMILES string of the molecule is CCCCCCCCC/C=C\CCCCCCCCCC(=O)NC(COC1OC(CO)C(OC2OC(CO)C(O)C(O)C2O)C(O)C1O)C(O)/C=C/CCCCCCCCCCCCCCCCCCCCCCCCCCCC. The smallest absolute Gasteiger partial charge is 0.220 e. The van der Waals surface area contributed by atoms with E-state index in [1.165, 1.54) is 225 Å². The lowest BCUT2D eigenvalue weighted by Crippen LogP contribution is -2.65. The van der Waals surface area contributed by atoms with Crippen LogP contribution in [0, 0.1) is 0 Å². The number of amides is 1. The van der Waals surface area contributed by atoms with Crippen LogP contribution >= 0.6 is 0 Å². The number of rotatable bonds is 55. The molecule has 2 rings (SSSR count). The summed E-state index contributed by atoms with van der Waals surface area (Å²) in [5, 5.41) is 87.3. The molecule has 2 heterocycles. The Balaban J connectivity index is 1.70. The third kappa shape index (κ3) is 36.3. The van der Waals surface area contributed by atoms with Crippen LogP contribution in [0.3, 0.4) is 0 Å². The van der Waals surface area contributed by atoms with Crippen molar-refractivity contribution in [3.05, 3.63) is 24.3 Å². The highest BCUT2D eigenvalue weighted by atomic mass is 16.7. The lowest BCUT2D eigenvalue weighted by atomic mass is 9.97. The minimum Gasteiger partial charge on any atom is -0.394 e. The molecule has 2 aliphatic heterocycles. The van der Waals surface area contributed by atoms with Crippen LogP contribution in [-0.2, 0) is 23.7 Å². The minimum atomic E-state index is -1.79. The van der Waals surface area contributed by atoms with Crippen LogP contribution < -0.4 is 5.32 Å². The topological polar surface area (TPSA) is 228 Å². The van der Waals surface area contributed by atoms with E-state index in [4.69, 9.17) is 18.9 Å². The maximum atomic E-state index is 13.3. The Morgan fingerprint density at radius 2 is 0.787 bits per heavy atom. The van der Waals surface area contributed by atoms with Crippen molar-refractivity contribution in [3.63, 3.8) is 0 Å². The van der Waals surface area contributed by atoms with Gasteiger partial charge < -0.3 is 65.1 Å². The van der Waals surface area contributed by atoms with Gasteiger partial charge in [0, 0.05) is 6.42 Å². The van der Waals surface area contributed by atoms with Gasteiger partial charge in [-0.05, 0) is 44.9 Å². The Morgan fingerprint density at radius 3 is 1.19 bits per heavy atom. The molecule has 2 saturated heterocycles. The van der Waals surface area contributed by atoms with Crippen LogP contribution in [0.15, 0.2) is 24.3 Å². The predicted octanol–water partition coefficient (Wildman–Crippen LogP) is 12.8. The summed E-state index contributed by atoms with van der Waals surface area (Å²) in [5.41, 5.74) is 0. The monoisotopic (exact) mass is 1140 g/mol. The quantitative estimate of drug-likeness (QED) is 0.0204. The van der Waals surface area contributed by atoms with Gasteiger partial charge in [-0.25, -0.2) is 0 Å². The number of unbranched alkanes of at least 4 members (excludes halogenated alkanes) is 40. The molecule has 80 heavy (non-hydrogen) atoms. The molecule has 2 aliphatic rings. The first kappa shape index (κ1) is 74.6. The predicted molar refractivity (Wildman–Crippen MR) is 323 cm³/mol. The molecule has 0 bridgehead atoms. The van der Waals surface area contributed by atoms with Gasteiger partial charge in [-0.3, -0.25) is 4.79 Å². The number of carbonyl (C=O) groups excluding carboxylic acids is 1. The average Bonchev–Trinajstić information content (AvgIpc) is 3.46. The van der Waals surface area contributed by atoms with Crippen molar-refractivity contribution in [2.75, 3.05) is 19.8 Å². The molecule has 0 aromatic heterocycles. The van der Waals surface area contributed by atoms with Crippen LogP contribution in [0.25, 0.3) is 0 Å². The second-order valence-corrected chi connectivity index (χ2v) is 24.0. The molecular weight excluding hydrogens is 1010 g/mol. The molecule has 0 aromatic rings. The number of ether oxygens (including phenoxy) is 4. The van der Waals surface area contributed by atoms with Crippen molar-refractivity contribution in [1.82, 2.24) is 5.32 Å². The second-order valence-electron chi connectivity index (χ2n) is 24.0. The lowest BCUT2D eigenvalue weighted by Gasteiger charge is -2.46. The van der Waals surface area contributed by atoms with Crippen molar-refractivity contribution in [2.45, 2.75) is 370 Å². The Labute approximate surface area is 488 Å². The number of hydrogen-bond donors (Lipinski definition) is 9. The van der Waals surface area contributed by atoms with Crippen molar-refractivity contribution < 1.29 is 64.6 Å². The Kier molecular flexibility index (Phi) is 48.3. The number of hydrogen-bond acceptors (Lipinski definition) is 13. The number of nitrogens with one attached hydrogen (secondary N) is 1. The number of carbonyl (C=O) groups is 1. The Hall–Kier alpha value is -1.53. The first-order chi connectivity index (χ1) is 39.1. The zero-order valence-corrected chi connectivity index (χ0v) is 51.1. The molecule has 0 aromatic carbocycles. The van der Waals surface area contributed by atoms with Gasteiger partial charge in [-0.1, -0.05) is 269 Å². The highest BCUT2D eigenvalue weighted by Gasteiger charge is 2.51. The van der Waals surface area contributed by atoms with E-state index in [1.807, 2.05) is 6.08 Å². The van der Waals surface area contributed by atoms with Crippen LogP contribution in [0.1, 0.15) is 296 Å². The zero-order chi connectivity index (χ0) is 58.1. The van der Waals surface area contributed by atoms with Gasteiger partial charge in [0.1, 0.15) is 48.8 Å². The summed E-state index contributed by atoms with van der Waals surface area (Å²) < 4.78 is 22.8. The van der Waals surface area contributed by atoms with Crippen LogP contribution in [0.4, 0.5) is 0 Å². The van der Waals surface area contributed by atoms with E-state index < -0.39 is 86.8 Å². The Bertz CT molecular complexity index is 1440. The highest BCUT2D eigenvalue weighted by molar-refractivity contribution is 5.76. The van der Waals surface area contributed by atoms with Crippen molar-refractivity contribution in [1.29, 1.82) is 0 Å². The standard InChI is InChI=1S/C66H125NO13/c1-3-5-7-9-11-13-15-17-19-21-23-24-25-26-27-28-29-30-31-32-33-35-37-39-41-43-45-47-49-55(70)54(67-58(71)50-48-46-44-42-40-38-36-34-22-20-18-16-14-12-10-8-6-4-2)53-77-65-63(76)61(74)64(57(52-69)79-65)80-66-62(75)60(73)59(72)56(51-68)78-66/h20,22,47,49,54-57,59-66,68-70,72-76H,3-19,21,23-46,48,50-53H2,1-2H3,(H,67,71)/b22-20-,49-47+. The van der Waals surface area contributed by atoms with Gasteiger partial charge in [-0.2, -0.15) is 0 Å². The molecule has 0 radical (unpaired) electrons. The summed E-state index contributed by atoms with van der Waals surface area (Å²) in [6, 6.07) is -0.916. The fraction of sp³-hybridized carbons (Fsp3) is 0.924. The van der Waals surface area contributed by atoms with Crippen LogP contribution in [-0.4, -0.2) is 140 Å². The fourth-order valence-corrected chi connectivity index (χ4v) is 11.2. The second kappa shape index (κ2) is 51.9. The van der Waals surface area contributed by atoms with E-state index in [9.17, 15) is 45.6 Å². The molecule has 472 valence electrons. The molecule has 2 fully saturated rings. The molecule has 12 atom stereocenters. The van der Waals surface area contributed by atoms with Crippen molar-refractivity contribution in [2.24, 2.45) is 0 Å². The van der Waals surface area contributed by atoms with E-state index in [0.29, 0.717) is 6.42 Å². The number of aliphatic hydroxyl groups excluding tert-OH is 8. The molecule has 14 heteroatoms. The number of allylic oxidation sites excluding steroid dienone is 3. The molecule has 0 spiro atoms. The maximum Gasteiger partial charge on any atom is 0.220 e. The fourth-order valence-electron chi connectivity index (χ4n) is 11.2. The number of aliphatic hydroxyl groups is 8. The molecule has 0 saturated carbocycles. The van der Waals surface area contributed by atoms with E-state index in [2.05, 4.69) is 31.3 Å². The van der Waals surface area contributed by atoms with Crippen molar-refractivity contribution in [3.8, 4) is 0 Å². The molecular formula is C66H125NO13. The lowest BCUT2D eigenvalue weighted by molar-refractivity contribution is -0.359. The zero-order valence-electron chi connectivity index (χ0n) is 51.1. The molecule has 9 N–H and O–H groups in total. The third-order valence-corrected chi connectivity index (χ3v) is 16.6. The van der Waals surface area contributed by atoms with Crippen LogP contribution in [0.2, 0.25) is 0 Å². The van der Waals surface area contributed by atoms with Gasteiger partial charge in [0.25, 0.3) is 0 Å². The van der Waals surface area contributed by atoms with E-state index in [0.717, 1.165) is 44.9 Å². The summed E-state index contributed by atoms with van der Waals surface area (Å²) in [6.07, 6.45) is 46.6. The van der Waals surface area contributed by atoms with Gasteiger partial charge in [0.15, 0.2) is 12.6 Å². The van der Waals surface area contributed by atoms with E-state index >= 15 is 0 Å². The largest absolute Gasteiger partial charge is 0.394 e. The van der Waals surface area contributed by atoms with Gasteiger partial charge in [-0.15, -0.1) is 0 Å². The third-order valence-electron chi connectivity index (χ3n) is 16.6. The first-order valence-corrected chi connectivity index (χ1v) is 33.6. The van der Waals surface area contributed by atoms with Gasteiger partial charge in [0.2, 0.25) is 5.91 Å². The summed E-state index contributed by atoms with van der Waals surface area (Å²) in [6.45, 7) is 2.83. The highest BCUT2D eigenvalue weighted by Crippen LogP contribution is 2.30. The van der Waals surface area contributed by atoms with Crippen molar-refractivity contribution >= 4 is 5.91 Å². The van der Waals surface area contributed by atoms with E-state index in [1.54, 1.807) is 6.08 Å². The average molecular weight is 1140 g/mol. The van der Waals surface area contributed by atoms with Crippen LogP contribution in [0.5, 0.6) is 0 Å². The summed E-state index contributed by atoms with van der Waals surface area (Å²) in [7, 11) is 0. The molecule has 12 unspecified atom stereocenters. The first-order valence-electron chi connectivity index (χ1n) is 33.6.